The summed E-state index contributed by atoms with van der Waals surface area (Å²) in [5.41, 5.74) is 28.3. The second kappa shape index (κ2) is 12.3. The van der Waals surface area contributed by atoms with Crippen molar-refractivity contribution < 1.29 is 0 Å². The fourth-order valence-corrected chi connectivity index (χ4v) is 10.0. The van der Waals surface area contributed by atoms with Gasteiger partial charge in [-0.15, -0.1) is 0 Å². The van der Waals surface area contributed by atoms with Crippen LogP contribution in [0.1, 0.15) is 178 Å². The lowest BCUT2D eigenvalue weighted by Crippen LogP contribution is -2.19. The van der Waals surface area contributed by atoms with Gasteiger partial charge in [-0.2, -0.15) is 0 Å². The summed E-state index contributed by atoms with van der Waals surface area (Å²) in [5.74, 6) is 0. The van der Waals surface area contributed by atoms with E-state index in [1.54, 1.807) is 0 Å². The normalized spacial score (nSPS) is 15.8. The standard InChI is InChI=1S/C56H70/c1-31-32(2)48(42-26-38(54(14,15)16)30-46-50(42)40-24-22-36(52(8,9)10)28-44(40)56(46,19)20)34(4)33(3)47(31)41-25-37(53(11,12)13)29-45-49(41)39-23-21-35(51(5,6)7)27-43(39)55(45,17)18/h21-30H,1-20H3. The van der Waals surface area contributed by atoms with Crippen LogP contribution in [0.3, 0.4) is 0 Å². The molecule has 0 saturated heterocycles. The van der Waals surface area contributed by atoms with Crippen molar-refractivity contribution >= 4 is 0 Å². The van der Waals surface area contributed by atoms with Crippen molar-refractivity contribution in [3.05, 3.63) is 127 Å². The quantitative estimate of drug-likeness (QED) is 0.169. The SMILES string of the molecule is Cc1c(C)c(-c2cc(C(C)(C)C)cc3c2-c2ccc(C(C)(C)C)cc2C3(C)C)c(C)c(C)c1-c1cc(C(C)(C)C)cc2c1-c1ccc(C(C)(C)C)cc1C2(C)C. The van der Waals surface area contributed by atoms with Gasteiger partial charge in [-0.3, -0.25) is 0 Å². The van der Waals surface area contributed by atoms with Crippen LogP contribution in [0, 0.1) is 27.7 Å². The molecule has 0 bridgehead atoms. The van der Waals surface area contributed by atoms with Crippen LogP contribution < -0.4 is 0 Å². The second-order valence-electron chi connectivity index (χ2n) is 22.9. The van der Waals surface area contributed by atoms with Crippen molar-refractivity contribution in [2.24, 2.45) is 0 Å². The van der Waals surface area contributed by atoms with Crippen LogP contribution in [-0.4, -0.2) is 0 Å². The Kier molecular flexibility index (Phi) is 8.85. The molecule has 0 saturated carbocycles. The van der Waals surface area contributed by atoms with Gasteiger partial charge < -0.3 is 0 Å². The number of hydrogen-bond donors (Lipinski definition) is 0. The van der Waals surface area contributed by atoms with Gasteiger partial charge in [0.1, 0.15) is 0 Å². The zero-order chi connectivity index (χ0) is 41.6. The summed E-state index contributed by atoms with van der Waals surface area (Å²) in [4.78, 5) is 0. The minimum absolute atomic E-state index is 0.0119. The molecule has 2 aliphatic rings. The first-order chi connectivity index (χ1) is 25.5. The Morgan fingerprint density at radius 3 is 0.839 bits per heavy atom. The summed E-state index contributed by atoms with van der Waals surface area (Å²) < 4.78 is 0. The van der Waals surface area contributed by atoms with Crippen LogP contribution in [-0.2, 0) is 32.5 Å². The Hall–Kier alpha value is -3.90. The Balaban J connectivity index is 1.56. The van der Waals surface area contributed by atoms with Gasteiger partial charge in [-0.1, -0.05) is 159 Å². The van der Waals surface area contributed by atoms with Gasteiger partial charge in [-0.25, -0.2) is 0 Å². The first-order valence-corrected chi connectivity index (χ1v) is 21.3. The summed E-state index contributed by atoms with van der Waals surface area (Å²) in [6.07, 6.45) is 0. The van der Waals surface area contributed by atoms with Crippen LogP contribution in [0.4, 0.5) is 0 Å². The minimum atomic E-state index is -0.102. The van der Waals surface area contributed by atoms with Crippen molar-refractivity contribution in [2.45, 2.75) is 171 Å². The Labute approximate surface area is 341 Å². The number of rotatable bonds is 2. The molecule has 0 nitrogen and oxygen atoms in total. The van der Waals surface area contributed by atoms with Gasteiger partial charge in [0.05, 0.1) is 0 Å². The van der Waals surface area contributed by atoms with Gasteiger partial charge >= 0.3 is 0 Å². The van der Waals surface area contributed by atoms with E-state index in [9.17, 15) is 0 Å². The fraction of sp³-hybridized carbons (Fsp3) is 0.464. The summed E-state index contributed by atoms with van der Waals surface area (Å²) >= 11 is 0. The summed E-state index contributed by atoms with van der Waals surface area (Å²) in [7, 11) is 0. The molecule has 0 atom stereocenters. The lowest BCUT2D eigenvalue weighted by Gasteiger charge is -2.30. The monoisotopic (exact) mass is 743 g/mol. The van der Waals surface area contributed by atoms with E-state index in [2.05, 4.69) is 199 Å². The maximum atomic E-state index is 2.55. The fourth-order valence-electron chi connectivity index (χ4n) is 10.0. The average Bonchev–Trinajstić information content (AvgIpc) is 3.45. The van der Waals surface area contributed by atoms with Crippen molar-refractivity contribution in [3.8, 4) is 44.5 Å². The highest BCUT2D eigenvalue weighted by Gasteiger charge is 2.42. The molecule has 0 radical (unpaired) electrons. The molecule has 0 aromatic heterocycles. The van der Waals surface area contributed by atoms with Gasteiger partial charge in [0.15, 0.2) is 0 Å². The third-order valence-corrected chi connectivity index (χ3v) is 14.2. The molecule has 0 spiro atoms. The van der Waals surface area contributed by atoms with Crippen LogP contribution in [0.2, 0.25) is 0 Å². The van der Waals surface area contributed by atoms with E-state index in [-0.39, 0.29) is 32.5 Å². The molecule has 294 valence electrons. The molecule has 0 unspecified atom stereocenters. The van der Waals surface area contributed by atoms with E-state index < -0.39 is 0 Å². The lowest BCUT2D eigenvalue weighted by atomic mass is 9.74. The predicted octanol–water partition coefficient (Wildman–Crippen LogP) is 16.1. The third kappa shape index (κ3) is 5.98. The van der Waals surface area contributed by atoms with E-state index in [4.69, 9.17) is 0 Å². The molecule has 7 rings (SSSR count). The van der Waals surface area contributed by atoms with Crippen LogP contribution in [0.25, 0.3) is 44.5 Å². The highest BCUT2D eigenvalue weighted by atomic mass is 14.4. The molecule has 0 amide bonds. The average molecular weight is 743 g/mol. The summed E-state index contributed by atoms with van der Waals surface area (Å²) in [6, 6.07) is 24.9. The number of benzene rings is 5. The van der Waals surface area contributed by atoms with Crippen LogP contribution in [0.15, 0.2) is 60.7 Å². The molecule has 5 aromatic rings. The Morgan fingerprint density at radius 1 is 0.304 bits per heavy atom. The smallest absolute Gasteiger partial charge is 0.0159 e. The topological polar surface area (TPSA) is 0 Å². The van der Waals surface area contributed by atoms with Crippen molar-refractivity contribution in [2.75, 3.05) is 0 Å². The van der Waals surface area contributed by atoms with E-state index in [0.29, 0.717) is 0 Å². The van der Waals surface area contributed by atoms with Crippen molar-refractivity contribution in [3.63, 3.8) is 0 Å². The summed E-state index contributed by atoms with van der Waals surface area (Å²) in [5, 5.41) is 0. The van der Waals surface area contributed by atoms with Gasteiger partial charge in [0, 0.05) is 10.8 Å². The third-order valence-electron chi connectivity index (χ3n) is 14.2. The molecule has 0 heteroatoms. The Bertz CT molecular complexity index is 2260. The minimum Gasteiger partial charge on any atom is -0.0579 e. The first-order valence-electron chi connectivity index (χ1n) is 21.3. The van der Waals surface area contributed by atoms with E-state index >= 15 is 0 Å². The maximum absolute atomic E-state index is 2.55. The Morgan fingerprint density at radius 2 is 0.571 bits per heavy atom. The van der Waals surface area contributed by atoms with E-state index in [1.165, 1.54) is 111 Å². The molecular weight excluding hydrogens is 673 g/mol. The van der Waals surface area contributed by atoms with Gasteiger partial charge in [0.2, 0.25) is 0 Å². The molecule has 5 aromatic carbocycles. The highest BCUT2D eigenvalue weighted by molar-refractivity contribution is 5.99. The van der Waals surface area contributed by atoms with Crippen molar-refractivity contribution in [1.29, 1.82) is 0 Å². The van der Waals surface area contributed by atoms with Crippen LogP contribution in [0.5, 0.6) is 0 Å². The zero-order valence-corrected chi connectivity index (χ0v) is 38.8. The molecule has 0 heterocycles. The predicted molar refractivity (Wildman–Crippen MR) is 246 cm³/mol. The second-order valence-corrected chi connectivity index (χ2v) is 22.9. The number of hydrogen-bond acceptors (Lipinski definition) is 0. The van der Waals surface area contributed by atoms with Gasteiger partial charge in [0.25, 0.3) is 0 Å². The molecule has 0 aliphatic heterocycles. The van der Waals surface area contributed by atoms with Gasteiger partial charge in [-0.05, 0) is 173 Å². The van der Waals surface area contributed by atoms with Crippen LogP contribution >= 0.6 is 0 Å². The molecule has 56 heavy (non-hydrogen) atoms. The largest absolute Gasteiger partial charge is 0.0579 e. The molecule has 0 fully saturated rings. The van der Waals surface area contributed by atoms with Crippen molar-refractivity contribution in [1.82, 2.24) is 0 Å². The zero-order valence-electron chi connectivity index (χ0n) is 38.8. The molecular formula is C56H70. The molecule has 0 N–H and O–H groups in total. The summed E-state index contributed by atoms with van der Waals surface area (Å²) in [6.45, 7) is 47.7. The van der Waals surface area contributed by atoms with E-state index in [1.807, 2.05) is 0 Å². The number of fused-ring (bicyclic) bond motifs is 6. The molecule has 2 aliphatic carbocycles. The first kappa shape index (κ1) is 40.3. The lowest BCUT2D eigenvalue weighted by molar-refractivity contribution is 0.579. The van der Waals surface area contributed by atoms with E-state index in [0.717, 1.165) is 0 Å². The highest BCUT2D eigenvalue weighted by Crippen LogP contribution is 2.58. The maximum Gasteiger partial charge on any atom is 0.0159 e.